The monoisotopic (exact) mass is 759 g/mol. The Labute approximate surface area is 324 Å². The molecule has 7 nitrogen and oxygen atoms in total. The lowest BCUT2D eigenvalue weighted by atomic mass is 9.83. The molecule has 0 fully saturated rings. The van der Waals surface area contributed by atoms with Crippen molar-refractivity contribution in [3.8, 4) is 17.2 Å². The standard InChI is InChI=1S/C19H23NO.C14H16F3NO2.C12H17NO/c1-19(2)18-10-9-17(21-3)13-16(18)11-12-20(19)14-15-7-5-4-6-8-15;1-13(2)11-5-4-10(20-3)8-9(11)6-7-18(13)12(19)14(15,16)17;1-12(2)11-5-4-10(14-3)8-9(11)6-7-13-12/h4-10,13H,11-12,14H2,1-3H3;4-5,8H,6-7H2,1-3H3;4-5,8,13H,6-7H2,1-3H3. The maximum absolute atomic E-state index is 12.7. The summed E-state index contributed by atoms with van der Waals surface area (Å²) in [5.74, 6) is 0.793. The molecular formula is C45H56F3N3O4. The highest BCUT2D eigenvalue weighted by molar-refractivity contribution is 5.83. The number of rotatable bonds is 5. The first-order valence-electron chi connectivity index (χ1n) is 18.9. The van der Waals surface area contributed by atoms with E-state index in [4.69, 9.17) is 14.2 Å². The topological polar surface area (TPSA) is 63.3 Å². The summed E-state index contributed by atoms with van der Waals surface area (Å²) in [6.45, 7) is 15.5. The van der Waals surface area contributed by atoms with Gasteiger partial charge < -0.3 is 24.4 Å². The second-order valence-electron chi connectivity index (χ2n) is 15.9. The highest BCUT2D eigenvalue weighted by Crippen LogP contribution is 2.40. The van der Waals surface area contributed by atoms with E-state index in [1.165, 1.54) is 34.9 Å². The minimum atomic E-state index is -4.85. The fraction of sp³-hybridized carbons (Fsp3) is 0.444. The van der Waals surface area contributed by atoms with Crippen LogP contribution in [0.1, 0.15) is 80.5 Å². The van der Waals surface area contributed by atoms with E-state index in [0.29, 0.717) is 12.2 Å². The molecular weight excluding hydrogens is 704 g/mol. The van der Waals surface area contributed by atoms with E-state index in [2.05, 4.69) is 98.6 Å². The van der Waals surface area contributed by atoms with Gasteiger partial charge in [-0.2, -0.15) is 13.2 Å². The van der Waals surface area contributed by atoms with Crippen LogP contribution in [0, 0.1) is 0 Å². The molecule has 0 bridgehead atoms. The molecule has 0 saturated heterocycles. The molecule has 4 aromatic rings. The van der Waals surface area contributed by atoms with Crippen molar-refractivity contribution < 1.29 is 32.2 Å². The van der Waals surface area contributed by atoms with Crippen LogP contribution in [-0.4, -0.2) is 62.8 Å². The summed E-state index contributed by atoms with van der Waals surface area (Å²) in [5.41, 5.74) is 7.82. The Hall–Kier alpha value is -4.54. The van der Waals surface area contributed by atoms with Gasteiger partial charge in [-0.1, -0.05) is 48.5 Å². The Bertz CT molecular complexity index is 1940. The average Bonchev–Trinajstić information content (AvgIpc) is 3.15. The molecule has 0 atom stereocenters. The van der Waals surface area contributed by atoms with Gasteiger partial charge in [-0.25, -0.2) is 0 Å². The van der Waals surface area contributed by atoms with Crippen LogP contribution in [-0.2, 0) is 47.2 Å². The minimum Gasteiger partial charge on any atom is -0.497 e. The number of benzene rings is 4. The Balaban J connectivity index is 0.000000161. The Morgan fingerprint density at radius 2 is 1.13 bits per heavy atom. The number of carbonyl (C=O) groups excluding carboxylic acids is 1. The predicted molar refractivity (Wildman–Crippen MR) is 212 cm³/mol. The molecule has 3 heterocycles. The van der Waals surface area contributed by atoms with E-state index >= 15 is 0 Å². The van der Waals surface area contributed by atoms with E-state index in [0.717, 1.165) is 60.0 Å². The van der Waals surface area contributed by atoms with Gasteiger partial charge in [-0.3, -0.25) is 9.69 Å². The number of ether oxygens (including phenoxy) is 3. The van der Waals surface area contributed by atoms with Crippen LogP contribution >= 0.6 is 0 Å². The molecule has 3 aliphatic rings. The van der Waals surface area contributed by atoms with Crippen molar-refractivity contribution in [2.45, 2.75) is 90.1 Å². The van der Waals surface area contributed by atoms with Crippen LogP contribution in [0.25, 0.3) is 0 Å². The molecule has 0 aliphatic carbocycles. The number of nitrogens with zero attached hydrogens (tertiary/aromatic N) is 2. The fourth-order valence-corrected chi connectivity index (χ4v) is 8.07. The zero-order chi connectivity index (χ0) is 40.2. The van der Waals surface area contributed by atoms with E-state index in [-0.39, 0.29) is 17.6 Å². The van der Waals surface area contributed by atoms with Crippen molar-refractivity contribution in [1.29, 1.82) is 0 Å². The largest absolute Gasteiger partial charge is 0.497 e. The van der Waals surface area contributed by atoms with Crippen molar-refractivity contribution >= 4 is 5.91 Å². The van der Waals surface area contributed by atoms with Crippen molar-refractivity contribution in [2.75, 3.05) is 41.0 Å². The van der Waals surface area contributed by atoms with E-state index in [9.17, 15) is 18.0 Å². The van der Waals surface area contributed by atoms with Gasteiger partial charge in [-0.15, -0.1) is 0 Å². The SMILES string of the molecule is COc1ccc2c(c1)CCN(C(=O)C(F)(F)F)C2(C)C.COc1ccc2c(c1)CCN(Cc1ccccc1)C2(C)C.COc1ccc2c(c1)CCNC2(C)C. The van der Waals surface area contributed by atoms with Crippen LogP contribution in [0.15, 0.2) is 84.9 Å². The summed E-state index contributed by atoms with van der Waals surface area (Å²) < 4.78 is 53.7. The van der Waals surface area contributed by atoms with Crippen molar-refractivity contribution in [3.63, 3.8) is 0 Å². The number of hydrogen-bond donors (Lipinski definition) is 1. The molecule has 4 aromatic carbocycles. The van der Waals surface area contributed by atoms with Crippen molar-refractivity contribution in [3.05, 3.63) is 124 Å². The minimum absolute atomic E-state index is 0.0471. The first-order chi connectivity index (χ1) is 25.9. The summed E-state index contributed by atoms with van der Waals surface area (Å²) in [6.07, 6.45) is -2.28. The molecule has 0 radical (unpaired) electrons. The normalized spacial score (nSPS) is 17.8. The van der Waals surface area contributed by atoms with Crippen LogP contribution in [0.4, 0.5) is 13.2 Å². The molecule has 296 valence electrons. The van der Waals surface area contributed by atoms with E-state index in [1.807, 2.05) is 12.1 Å². The third kappa shape index (κ3) is 9.30. The lowest BCUT2D eigenvalue weighted by Crippen LogP contribution is -2.54. The Morgan fingerprint density at radius 1 is 0.655 bits per heavy atom. The van der Waals surface area contributed by atoms with Gasteiger partial charge in [0.15, 0.2) is 0 Å². The number of methoxy groups -OCH3 is 3. The summed E-state index contributed by atoms with van der Waals surface area (Å²) >= 11 is 0. The molecule has 3 aliphatic heterocycles. The molecule has 1 N–H and O–H groups in total. The van der Waals surface area contributed by atoms with Crippen molar-refractivity contribution in [1.82, 2.24) is 15.1 Å². The summed E-state index contributed by atoms with van der Waals surface area (Å²) in [5, 5.41) is 3.51. The van der Waals surface area contributed by atoms with Crippen LogP contribution in [0.5, 0.6) is 17.2 Å². The second-order valence-corrected chi connectivity index (χ2v) is 15.9. The Morgan fingerprint density at radius 3 is 1.64 bits per heavy atom. The Kier molecular flexibility index (Phi) is 12.6. The number of carbonyl (C=O) groups is 1. The van der Waals surface area contributed by atoms with Gasteiger partial charge in [0, 0.05) is 30.7 Å². The third-order valence-corrected chi connectivity index (χ3v) is 11.3. The van der Waals surface area contributed by atoms with Gasteiger partial charge in [0.25, 0.3) is 0 Å². The maximum Gasteiger partial charge on any atom is 0.471 e. The molecule has 55 heavy (non-hydrogen) atoms. The van der Waals surface area contributed by atoms with Gasteiger partial charge >= 0.3 is 12.1 Å². The van der Waals surface area contributed by atoms with E-state index in [1.54, 1.807) is 40.2 Å². The van der Waals surface area contributed by atoms with Crippen LogP contribution < -0.4 is 19.5 Å². The number of halogens is 3. The van der Waals surface area contributed by atoms with Gasteiger partial charge in [0.05, 0.1) is 26.9 Å². The number of fused-ring (bicyclic) bond motifs is 3. The highest BCUT2D eigenvalue weighted by Gasteiger charge is 2.49. The first-order valence-corrected chi connectivity index (χ1v) is 18.9. The number of alkyl halides is 3. The lowest BCUT2D eigenvalue weighted by Gasteiger charge is -2.44. The zero-order valence-electron chi connectivity index (χ0n) is 33.7. The molecule has 0 spiro atoms. The quantitative estimate of drug-likeness (QED) is 0.219. The average molecular weight is 760 g/mol. The second kappa shape index (κ2) is 16.7. The van der Waals surface area contributed by atoms with Crippen LogP contribution in [0.2, 0.25) is 0 Å². The van der Waals surface area contributed by atoms with Gasteiger partial charge in [-0.05, 0) is 143 Å². The smallest absolute Gasteiger partial charge is 0.471 e. The summed E-state index contributed by atoms with van der Waals surface area (Å²) in [4.78, 5) is 15.0. The fourth-order valence-electron chi connectivity index (χ4n) is 8.07. The molecule has 1 amide bonds. The lowest BCUT2D eigenvalue weighted by molar-refractivity contribution is -0.191. The summed E-state index contributed by atoms with van der Waals surface area (Å²) in [7, 11) is 4.99. The van der Waals surface area contributed by atoms with Gasteiger partial charge in [0.2, 0.25) is 0 Å². The maximum atomic E-state index is 12.7. The number of hydrogen-bond acceptors (Lipinski definition) is 6. The molecule has 10 heteroatoms. The predicted octanol–water partition coefficient (Wildman–Crippen LogP) is 8.94. The molecule has 0 unspecified atom stereocenters. The molecule has 0 saturated carbocycles. The zero-order valence-corrected chi connectivity index (χ0v) is 33.7. The number of nitrogens with one attached hydrogen (secondary N) is 1. The van der Waals surface area contributed by atoms with Crippen molar-refractivity contribution in [2.24, 2.45) is 0 Å². The molecule has 7 rings (SSSR count). The summed E-state index contributed by atoms with van der Waals surface area (Å²) in [6, 6.07) is 28.8. The first kappa shape index (κ1) is 41.6. The number of amides is 1. The third-order valence-electron chi connectivity index (χ3n) is 11.3. The molecule has 0 aromatic heterocycles. The van der Waals surface area contributed by atoms with E-state index < -0.39 is 17.6 Å². The van der Waals surface area contributed by atoms with Gasteiger partial charge in [0.1, 0.15) is 17.2 Å². The highest BCUT2D eigenvalue weighted by atomic mass is 19.4. The van der Waals surface area contributed by atoms with Crippen LogP contribution in [0.3, 0.4) is 0 Å².